The Bertz CT molecular complexity index is 412. The van der Waals surface area contributed by atoms with Gasteiger partial charge in [-0.25, -0.2) is 0 Å². The van der Waals surface area contributed by atoms with Crippen LogP contribution in [0.4, 0.5) is 0 Å². The molecular weight excluding hydrogens is 238 g/mol. The molecule has 2 aliphatic rings. The summed E-state index contributed by atoms with van der Waals surface area (Å²) in [6, 6.07) is 0.0982. The predicted octanol–water partition coefficient (Wildman–Crippen LogP) is 2.16. The van der Waals surface area contributed by atoms with Gasteiger partial charge in [0.25, 0.3) is 0 Å². The van der Waals surface area contributed by atoms with E-state index in [1.54, 1.807) is 0 Å². The van der Waals surface area contributed by atoms with Crippen LogP contribution in [-0.2, 0) is 4.79 Å². The second kappa shape index (κ2) is 6.25. The van der Waals surface area contributed by atoms with Gasteiger partial charge in [0.05, 0.1) is 6.10 Å². The first-order valence-electron chi connectivity index (χ1n) is 7.28. The molecule has 1 saturated heterocycles. The standard InChI is InChI=1S/C16H23NO2/c1-2-3-4-10-16(11-5-12-16)14(18)8-6-13-7-9-15(19)17-13/h6,8,13-14,18H,2,5,7,9-12H2,1H3,(H,17,19)/b8-6+/t13-,14+/m0/s1. The van der Waals surface area contributed by atoms with Gasteiger partial charge in [-0.15, -0.1) is 11.8 Å². The number of amides is 1. The first kappa shape index (κ1) is 14.1. The lowest BCUT2D eigenvalue weighted by molar-refractivity contribution is -0.119. The number of hydrogen-bond donors (Lipinski definition) is 2. The molecule has 0 aromatic carbocycles. The molecule has 1 aliphatic heterocycles. The van der Waals surface area contributed by atoms with Gasteiger partial charge in [-0.2, -0.15) is 0 Å². The fourth-order valence-electron chi connectivity index (χ4n) is 2.80. The number of aliphatic hydroxyl groups excluding tert-OH is 1. The summed E-state index contributed by atoms with van der Waals surface area (Å²) in [5, 5.41) is 13.3. The Balaban J connectivity index is 1.91. The van der Waals surface area contributed by atoms with Crippen molar-refractivity contribution in [3.63, 3.8) is 0 Å². The third-order valence-corrected chi connectivity index (χ3v) is 4.27. The summed E-state index contributed by atoms with van der Waals surface area (Å²) in [7, 11) is 0. The predicted molar refractivity (Wildman–Crippen MR) is 75.3 cm³/mol. The molecule has 3 heteroatoms. The van der Waals surface area contributed by atoms with E-state index in [4.69, 9.17) is 0 Å². The van der Waals surface area contributed by atoms with E-state index in [1.807, 2.05) is 19.1 Å². The number of nitrogens with one attached hydrogen (secondary N) is 1. The molecule has 0 radical (unpaired) electrons. The van der Waals surface area contributed by atoms with E-state index in [-0.39, 0.29) is 17.4 Å². The summed E-state index contributed by atoms with van der Waals surface area (Å²) in [6.45, 7) is 2.04. The van der Waals surface area contributed by atoms with Gasteiger partial charge in [0.15, 0.2) is 0 Å². The number of carbonyl (C=O) groups excluding carboxylic acids is 1. The van der Waals surface area contributed by atoms with Gasteiger partial charge in [-0.3, -0.25) is 4.79 Å². The van der Waals surface area contributed by atoms with Gasteiger partial charge in [-0.1, -0.05) is 25.5 Å². The lowest BCUT2D eigenvalue weighted by Gasteiger charge is -2.43. The van der Waals surface area contributed by atoms with E-state index in [9.17, 15) is 9.90 Å². The number of rotatable bonds is 4. The summed E-state index contributed by atoms with van der Waals surface area (Å²) < 4.78 is 0. The average Bonchev–Trinajstić information content (AvgIpc) is 2.76. The van der Waals surface area contributed by atoms with Gasteiger partial charge in [-0.05, 0) is 19.3 Å². The van der Waals surface area contributed by atoms with E-state index in [1.165, 1.54) is 6.42 Å². The van der Waals surface area contributed by atoms with Crippen LogP contribution in [-0.4, -0.2) is 23.2 Å². The van der Waals surface area contributed by atoms with Crippen molar-refractivity contribution >= 4 is 5.91 Å². The highest BCUT2D eigenvalue weighted by Crippen LogP contribution is 2.47. The van der Waals surface area contributed by atoms with Crippen LogP contribution >= 0.6 is 0 Å². The van der Waals surface area contributed by atoms with Gasteiger partial charge in [0.1, 0.15) is 0 Å². The Morgan fingerprint density at radius 2 is 2.32 bits per heavy atom. The van der Waals surface area contributed by atoms with E-state index in [0.717, 1.165) is 32.1 Å². The quantitative estimate of drug-likeness (QED) is 0.602. The Morgan fingerprint density at radius 3 is 2.84 bits per heavy atom. The summed E-state index contributed by atoms with van der Waals surface area (Å²) >= 11 is 0. The van der Waals surface area contributed by atoms with E-state index >= 15 is 0 Å². The zero-order valence-corrected chi connectivity index (χ0v) is 11.6. The highest BCUT2D eigenvalue weighted by atomic mass is 16.3. The molecule has 2 atom stereocenters. The highest BCUT2D eigenvalue weighted by Gasteiger charge is 2.41. The molecule has 19 heavy (non-hydrogen) atoms. The van der Waals surface area contributed by atoms with E-state index in [2.05, 4.69) is 17.2 Å². The monoisotopic (exact) mass is 261 g/mol. The third kappa shape index (κ3) is 3.39. The molecule has 2 rings (SSSR count). The molecule has 0 bridgehead atoms. The Morgan fingerprint density at radius 1 is 1.53 bits per heavy atom. The summed E-state index contributed by atoms with van der Waals surface area (Å²) in [5.74, 6) is 6.38. The third-order valence-electron chi connectivity index (χ3n) is 4.27. The zero-order chi connectivity index (χ0) is 13.7. The highest BCUT2D eigenvalue weighted by molar-refractivity contribution is 5.78. The molecule has 2 N–H and O–H groups in total. The van der Waals surface area contributed by atoms with Crippen LogP contribution in [0.1, 0.15) is 51.9 Å². The summed E-state index contributed by atoms with van der Waals surface area (Å²) in [4.78, 5) is 11.1. The molecule has 1 amide bonds. The zero-order valence-electron chi connectivity index (χ0n) is 11.6. The smallest absolute Gasteiger partial charge is 0.220 e. The summed E-state index contributed by atoms with van der Waals surface area (Å²) in [5.41, 5.74) is -0.0404. The fourth-order valence-corrected chi connectivity index (χ4v) is 2.80. The average molecular weight is 261 g/mol. The second-order valence-corrected chi connectivity index (χ2v) is 5.64. The van der Waals surface area contributed by atoms with Crippen LogP contribution in [0.25, 0.3) is 0 Å². The summed E-state index contributed by atoms with van der Waals surface area (Å²) in [6.07, 6.45) is 9.74. The van der Waals surface area contributed by atoms with Crippen LogP contribution in [0.2, 0.25) is 0 Å². The molecule has 0 aromatic heterocycles. The first-order chi connectivity index (χ1) is 9.16. The minimum atomic E-state index is -0.440. The molecule has 0 spiro atoms. The van der Waals surface area contributed by atoms with Crippen molar-refractivity contribution in [3.05, 3.63) is 12.2 Å². The van der Waals surface area contributed by atoms with E-state index in [0.29, 0.717) is 6.42 Å². The maximum atomic E-state index is 11.1. The molecule has 2 fully saturated rings. The topological polar surface area (TPSA) is 49.3 Å². The van der Waals surface area contributed by atoms with Crippen molar-refractivity contribution < 1.29 is 9.90 Å². The maximum Gasteiger partial charge on any atom is 0.220 e. The Hall–Kier alpha value is -1.27. The molecule has 3 nitrogen and oxygen atoms in total. The molecule has 104 valence electrons. The molecule has 0 aromatic rings. The molecule has 1 saturated carbocycles. The molecular formula is C16H23NO2. The van der Waals surface area contributed by atoms with Gasteiger partial charge in [0.2, 0.25) is 5.91 Å². The molecule has 1 aliphatic carbocycles. The Labute approximate surface area is 115 Å². The van der Waals surface area contributed by atoms with E-state index < -0.39 is 6.10 Å². The SMILES string of the molecule is CCC#CCC1([C@H](O)/C=C/[C@H]2CCC(=O)N2)CCC1. The van der Waals surface area contributed by atoms with Crippen molar-refractivity contribution in [3.8, 4) is 11.8 Å². The lowest BCUT2D eigenvalue weighted by Crippen LogP contribution is -2.40. The maximum absolute atomic E-state index is 11.1. The van der Waals surface area contributed by atoms with Crippen LogP contribution in [0.15, 0.2) is 12.2 Å². The van der Waals surface area contributed by atoms with Crippen molar-refractivity contribution in [2.75, 3.05) is 0 Å². The van der Waals surface area contributed by atoms with Gasteiger partial charge < -0.3 is 10.4 Å². The molecule has 1 heterocycles. The minimum Gasteiger partial charge on any atom is -0.388 e. The number of aliphatic hydroxyl groups is 1. The van der Waals surface area contributed by atoms with Gasteiger partial charge in [0, 0.05) is 30.7 Å². The fraction of sp³-hybridized carbons (Fsp3) is 0.688. The van der Waals surface area contributed by atoms with Crippen LogP contribution in [0.3, 0.4) is 0 Å². The normalized spacial score (nSPS) is 26.4. The Kier molecular flexibility index (Phi) is 4.66. The number of carbonyl (C=O) groups is 1. The second-order valence-electron chi connectivity index (χ2n) is 5.64. The van der Waals surface area contributed by atoms with Crippen molar-refractivity contribution in [2.45, 2.75) is 64.0 Å². The van der Waals surface area contributed by atoms with Crippen molar-refractivity contribution in [2.24, 2.45) is 5.41 Å². The van der Waals surface area contributed by atoms with Crippen LogP contribution in [0, 0.1) is 17.3 Å². The largest absolute Gasteiger partial charge is 0.388 e. The van der Waals surface area contributed by atoms with Crippen molar-refractivity contribution in [1.29, 1.82) is 0 Å². The van der Waals surface area contributed by atoms with Crippen LogP contribution < -0.4 is 5.32 Å². The first-order valence-corrected chi connectivity index (χ1v) is 7.28. The molecule has 0 unspecified atom stereocenters. The van der Waals surface area contributed by atoms with Crippen LogP contribution in [0.5, 0.6) is 0 Å². The van der Waals surface area contributed by atoms with Crippen molar-refractivity contribution in [1.82, 2.24) is 5.32 Å². The lowest BCUT2D eigenvalue weighted by atomic mass is 9.63. The minimum absolute atomic E-state index is 0.0404. The van der Waals surface area contributed by atoms with Gasteiger partial charge >= 0.3 is 0 Å². The number of hydrogen-bond acceptors (Lipinski definition) is 2.